The minimum absolute atomic E-state index is 0.0819. The van der Waals surface area contributed by atoms with Crippen LogP contribution in [0.1, 0.15) is 18.4 Å². The highest BCUT2D eigenvalue weighted by molar-refractivity contribution is 5.80. The van der Waals surface area contributed by atoms with Crippen LogP contribution in [-0.4, -0.2) is 37.1 Å². The van der Waals surface area contributed by atoms with E-state index in [1.807, 2.05) is 0 Å². The van der Waals surface area contributed by atoms with Crippen molar-refractivity contribution in [3.05, 3.63) is 60.2 Å². The Labute approximate surface area is 189 Å². The third-order valence-corrected chi connectivity index (χ3v) is 5.71. The van der Waals surface area contributed by atoms with Gasteiger partial charge in [0.1, 0.15) is 17.7 Å². The molecule has 1 fully saturated rings. The number of imidazole rings is 1. The van der Waals surface area contributed by atoms with Gasteiger partial charge in [0.25, 0.3) is 0 Å². The van der Waals surface area contributed by atoms with Gasteiger partial charge in [-0.3, -0.25) is 4.79 Å². The number of ether oxygens (including phenoxy) is 1. The van der Waals surface area contributed by atoms with E-state index in [1.54, 1.807) is 6.07 Å². The molecule has 11 heteroatoms. The first-order valence-electron chi connectivity index (χ1n) is 10.3. The monoisotopic (exact) mass is 472 g/mol. The van der Waals surface area contributed by atoms with Crippen LogP contribution in [0, 0.1) is 11.7 Å². The number of nitrogens with zero attached hydrogens (tertiary/aromatic N) is 3. The standard InChI is InChI=1S/C23H16F4N4O3/c24-17-7-11(13-9-28-22(29-10-13)34-15-5-12(6-15)21(32)33)1-3-16(17)20-30-18-4-2-14(23(25,26)27)8-19(18)31-20/h1-4,7-10,12,15H,5-6H2,(H,30,31)(H,32,33)/t12-,15+. The summed E-state index contributed by atoms with van der Waals surface area (Å²) in [5.41, 5.74) is 0.717. The first-order chi connectivity index (χ1) is 16.2. The number of aliphatic carboxylic acids is 1. The van der Waals surface area contributed by atoms with Crippen molar-refractivity contribution in [3.63, 3.8) is 0 Å². The topological polar surface area (TPSA) is 101 Å². The van der Waals surface area contributed by atoms with Crippen LogP contribution in [0.25, 0.3) is 33.5 Å². The number of carboxylic acids is 1. The molecule has 0 aliphatic heterocycles. The highest BCUT2D eigenvalue weighted by Gasteiger charge is 2.36. The van der Waals surface area contributed by atoms with Gasteiger partial charge in [0.2, 0.25) is 0 Å². The molecular weight excluding hydrogens is 456 g/mol. The third-order valence-electron chi connectivity index (χ3n) is 5.71. The predicted molar refractivity (Wildman–Crippen MR) is 112 cm³/mol. The van der Waals surface area contributed by atoms with E-state index in [1.165, 1.54) is 30.6 Å². The lowest BCUT2D eigenvalue weighted by Gasteiger charge is -2.31. The molecule has 34 heavy (non-hydrogen) atoms. The van der Waals surface area contributed by atoms with Gasteiger partial charge in [-0.2, -0.15) is 13.2 Å². The fraction of sp³-hybridized carbons (Fsp3) is 0.217. The van der Waals surface area contributed by atoms with E-state index >= 15 is 0 Å². The summed E-state index contributed by atoms with van der Waals surface area (Å²) in [5.74, 6) is -1.78. The maximum Gasteiger partial charge on any atom is 0.416 e. The van der Waals surface area contributed by atoms with E-state index in [0.29, 0.717) is 29.5 Å². The summed E-state index contributed by atoms with van der Waals surface area (Å²) in [5, 5.41) is 8.91. The van der Waals surface area contributed by atoms with E-state index in [9.17, 15) is 22.4 Å². The number of aromatic nitrogens is 4. The number of carboxylic acid groups (broad SMARTS) is 1. The van der Waals surface area contributed by atoms with E-state index in [4.69, 9.17) is 9.84 Å². The van der Waals surface area contributed by atoms with Gasteiger partial charge in [0, 0.05) is 18.0 Å². The zero-order chi connectivity index (χ0) is 24.0. The number of carbonyl (C=O) groups is 1. The summed E-state index contributed by atoms with van der Waals surface area (Å²) in [7, 11) is 0. The molecule has 0 saturated heterocycles. The lowest BCUT2D eigenvalue weighted by Crippen LogP contribution is -2.38. The molecule has 2 N–H and O–H groups in total. The number of fused-ring (bicyclic) bond motifs is 1. The quantitative estimate of drug-likeness (QED) is 0.393. The normalized spacial score (nSPS) is 18.0. The maximum atomic E-state index is 14.9. The molecule has 7 nitrogen and oxygen atoms in total. The van der Waals surface area contributed by atoms with Gasteiger partial charge in [0.05, 0.1) is 28.1 Å². The SMILES string of the molecule is O=C(O)[C@H]1C[C@@H](Oc2ncc(-c3ccc(-c4nc5cc(C(F)(F)F)ccc5[nH]4)c(F)c3)cn2)C1. The highest BCUT2D eigenvalue weighted by atomic mass is 19.4. The third kappa shape index (κ3) is 4.16. The van der Waals surface area contributed by atoms with Gasteiger partial charge in [-0.1, -0.05) is 6.07 Å². The molecule has 0 bridgehead atoms. The zero-order valence-electron chi connectivity index (χ0n) is 17.3. The fourth-order valence-corrected chi connectivity index (χ4v) is 3.74. The van der Waals surface area contributed by atoms with Crippen LogP contribution in [0.4, 0.5) is 17.6 Å². The fourth-order valence-electron chi connectivity index (χ4n) is 3.74. The van der Waals surface area contributed by atoms with Gasteiger partial charge in [-0.25, -0.2) is 19.3 Å². The summed E-state index contributed by atoms with van der Waals surface area (Å²) in [6.07, 6.45) is -1.03. The minimum Gasteiger partial charge on any atom is -0.481 e. The van der Waals surface area contributed by atoms with Gasteiger partial charge in [-0.15, -0.1) is 0 Å². The molecule has 0 unspecified atom stereocenters. The molecule has 0 amide bonds. The Balaban J connectivity index is 1.33. The number of rotatable bonds is 5. The smallest absolute Gasteiger partial charge is 0.416 e. The molecule has 1 aliphatic rings. The summed E-state index contributed by atoms with van der Waals surface area (Å²) in [6, 6.07) is 7.56. The molecule has 0 spiro atoms. The van der Waals surface area contributed by atoms with E-state index in [2.05, 4.69) is 19.9 Å². The van der Waals surface area contributed by atoms with Crippen LogP contribution in [0.2, 0.25) is 0 Å². The van der Waals surface area contributed by atoms with Crippen molar-refractivity contribution in [2.45, 2.75) is 25.1 Å². The summed E-state index contributed by atoms with van der Waals surface area (Å²) >= 11 is 0. The van der Waals surface area contributed by atoms with Crippen molar-refractivity contribution < 1.29 is 32.2 Å². The van der Waals surface area contributed by atoms with Crippen molar-refractivity contribution in [1.29, 1.82) is 0 Å². The first kappa shape index (κ1) is 21.8. The zero-order valence-corrected chi connectivity index (χ0v) is 17.3. The van der Waals surface area contributed by atoms with Crippen LogP contribution in [0.3, 0.4) is 0 Å². The Bertz CT molecular complexity index is 1380. The Kier molecular flexibility index (Phi) is 5.18. The van der Waals surface area contributed by atoms with Crippen LogP contribution in [0.15, 0.2) is 48.8 Å². The molecule has 2 aromatic carbocycles. The lowest BCUT2D eigenvalue weighted by atomic mass is 9.82. The van der Waals surface area contributed by atoms with Crippen LogP contribution < -0.4 is 4.74 Å². The molecular formula is C23H16F4N4O3. The second kappa shape index (κ2) is 8.08. The number of benzene rings is 2. The molecule has 4 aromatic rings. The number of aromatic amines is 1. The highest BCUT2D eigenvalue weighted by Crippen LogP contribution is 2.33. The number of hydrogen-bond acceptors (Lipinski definition) is 5. The molecule has 5 rings (SSSR count). The number of hydrogen-bond donors (Lipinski definition) is 2. The van der Waals surface area contributed by atoms with Crippen molar-refractivity contribution >= 4 is 17.0 Å². The average molecular weight is 472 g/mol. The van der Waals surface area contributed by atoms with E-state index < -0.39 is 29.4 Å². The maximum absolute atomic E-state index is 14.9. The van der Waals surface area contributed by atoms with Crippen molar-refractivity contribution in [1.82, 2.24) is 19.9 Å². The number of halogens is 4. The van der Waals surface area contributed by atoms with Crippen LogP contribution >= 0.6 is 0 Å². The number of alkyl halides is 3. The lowest BCUT2D eigenvalue weighted by molar-refractivity contribution is -0.148. The van der Waals surface area contributed by atoms with Gasteiger partial charge in [0.15, 0.2) is 0 Å². The second-order valence-electron chi connectivity index (χ2n) is 8.01. The van der Waals surface area contributed by atoms with Gasteiger partial charge in [-0.05, 0) is 48.7 Å². The molecule has 2 heterocycles. The van der Waals surface area contributed by atoms with Crippen molar-refractivity contribution in [3.8, 4) is 28.5 Å². The minimum atomic E-state index is -4.50. The summed E-state index contributed by atoms with van der Waals surface area (Å²) in [4.78, 5) is 26.0. The Morgan fingerprint density at radius 3 is 2.44 bits per heavy atom. The van der Waals surface area contributed by atoms with Crippen molar-refractivity contribution in [2.24, 2.45) is 5.92 Å². The van der Waals surface area contributed by atoms with Gasteiger partial charge < -0.3 is 14.8 Å². The summed E-state index contributed by atoms with van der Waals surface area (Å²) in [6.45, 7) is 0. The van der Waals surface area contributed by atoms with Crippen LogP contribution in [-0.2, 0) is 11.0 Å². The molecule has 174 valence electrons. The predicted octanol–water partition coefficient (Wildman–Crippen LogP) is 5.09. The molecule has 1 aliphatic carbocycles. The molecule has 2 aromatic heterocycles. The summed E-state index contributed by atoms with van der Waals surface area (Å²) < 4.78 is 59.2. The molecule has 0 atom stereocenters. The number of H-pyrrole nitrogens is 1. The van der Waals surface area contributed by atoms with Crippen molar-refractivity contribution in [2.75, 3.05) is 0 Å². The Morgan fingerprint density at radius 1 is 1.06 bits per heavy atom. The van der Waals surface area contributed by atoms with E-state index in [0.717, 1.165) is 12.1 Å². The van der Waals surface area contributed by atoms with Gasteiger partial charge >= 0.3 is 18.2 Å². The average Bonchev–Trinajstić information content (AvgIpc) is 3.18. The van der Waals surface area contributed by atoms with E-state index in [-0.39, 0.29) is 29.0 Å². The number of nitrogens with one attached hydrogen (secondary N) is 1. The Morgan fingerprint density at radius 2 is 1.79 bits per heavy atom. The Hall–Kier alpha value is -4.02. The largest absolute Gasteiger partial charge is 0.481 e. The van der Waals surface area contributed by atoms with Crippen LogP contribution in [0.5, 0.6) is 6.01 Å². The molecule has 0 radical (unpaired) electrons. The second-order valence-corrected chi connectivity index (χ2v) is 8.01. The first-order valence-corrected chi connectivity index (χ1v) is 10.3. The molecule has 1 saturated carbocycles.